The van der Waals surface area contributed by atoms with Crippen LogP contribution in [0.1, 0.15) is 136 Å². The quantitative estimate of drug-likeness (QED) is 0.156. The van der Waals surface area contributed by atoms with Crippen molar-refractivity contribution in [2.24, 2.45) is 7.05 Å². The van der Waals surface area contributed by atoms with Crippen molar-refractivity contribution >= 4 is 34.2 Å². The Morgan fingerprint density at radius 1 is 0.431 bits per heavy atom. The maximum atomic E-state index is 5.98. The van der Waals surface area contributed by atoms with Crippen LogP contribution in [0.25, 0.3) is 102 Å². The van der Waals surface area contributed by atoms with Crippen LogP contribution < -0.4 is 4.57 Å². The molecule has 4 aromatic carbocycles. The summed E-state index contributed by atoms with van der Waals surface area (Å²) in [6.45, 7) is 30.5. The Morgan fingerprint density at radius 3 is 1.11 bits per heavy atom. The molecule has 10 rings (SSSR count). The van der Waals surface area contributed by atoms with Gasteiger partial charge in [0.2, 0.25) is 17.7 Å². The lowest BCUT2D eigenvalue weighted by atomic mass is 9.86. The van der Waals surface area contributed by atoms with Crippen LogP contribution in [0.2, 0.25) is 0 Å². The second kappa shape index (κ2) is 17.9. The highest BCUT2D eigenvalue weighted by molar-refractivity contribution is 6.03. The van der Waals surface area contributed by atoms with E-state index in [2.05, 4.69) is 256 Å². The summed E-state index contributed by atoms with van der Waals surface area (Å²) in [7, 11) is 2.19. The van der Waals surface area contributed by atoms with Crippen LogP contribution in [0.15, 0.2) is 128 Å². The average Bonchev–Trinajstić information content (AvgIpc) is 4.19. The number of fused-ring (bicyclic) bond motifs is 11. The summed E-state index contributed by atoms with van der Waals surface area (Å²) in [6.07, 6.45) is 8.82. The van der Waals surface area contributed by atoms with E-state index in [1.165, 1.54) is 22.3 Å². The van der Waals surface area contributed by atoms with Gasteiger partial charge in [0.15, 0.2) is 0 Å². The molecule has 8 aromatic rings. The van der Waals surface area contributed by atoms with Gasteiger partial charge in [0.25, 0.3) is 0 Å². The normalized spacial score (nSPS) is 13.0. The Morgan fingerprint density at radius 2 is 0.764 bits per heavy atom. The number of imidazole rings is 1. The van der Waals surface area contributed by atoms with Gasteiger partial charge in [-0.15, -0.1) is 0 Å². The summed E-state index contributed by atoms with van der Waals surface area (Å²) < 4.78 is 4.75. The molecule has 0 saturated heterocycles. The fourth-order valence-corrected chi connectivity index (χ4v) is 10.5. The molecule has 0 unspecified atom stereocenters. The number of rotatable bonds is 7. The third kappa shape index (κ3) is 8.99. The first-order valence-corrected chi connectivity index (χ1v) is 26.1. The minimum atomic E-state index is -0.00284. The number of benzene rings is 4. The number of aromatic nitrogens is 6. The van der Waals surface area contributed by atoms with Crippen LogP contribution in [0.5, 0.6) is 0 Å². The van der Waals surface area contributed by atoms with Gasteiger partial charge in [0, 0.05) is 44.3 Å². The topological polar surface area (TPSA) is 66.2 Å². The van der Waals surface area contributed by atoms with Gasteiger partial charge in [-0.3, -0.25) is 0 Å². The predicted molar refractivity (Wildman–Crippen MR) is 305 cm³/mol. The Labute approximate surface area is 428 Å². The van der Waals surface area contributed by atoms with Crippen LogP contribution >= 0.6 is 0 Å². The Kier molecular flexibility index (Phi) is 12.1. The van der Waals surface area contributed by atoms with E-state index in [1.54, 1.807) is 0 Å². The molecule has 0 atom stereocenters. The van der Waals surface area contributed by atoms with E-state index in [1.807, 2.05) is 0 Å². The highest BCUT2D eigenvalue weighted by atomic mass is 15.2. The van der Waals surface area contributed by atoms with Crippen molar-refractivity contribution < 1.29 is 4.57 Å². The van der Waals surface area contributed by atoms with Gasteiger partial charge in [-0.2, -0.15) is 0 Å². The first-order chi connectivity index (χ1) is 34.1. The first kappa shape index (κ1) is 48.6. The zero-order valence-corrected chi connectivity index (χ0v) is 45.2. The molecule has 366 valence electrons. The average molecular weight is 950 g/mol. The summed E-state index contributed by atoms with van der Waals surface area (Å²) >= 11 is 0. The van der Waals surface area contributed by atoms with Crippen LogP contribution in [-0.4, -0.2) is 24.5 Å². The lowest BCUT2D eigenvalue weighted by molar-refractivity contribution is -0.660. The molecule has 6 heteroatoms. The Bertz CT molecular complexity index is 3540. The molecule has 0 amide bonds. The third-order valence-corrected chi connectivity index (χ3v) is 14.8. The molecule has 6 nitrogen and oxygen atoms in total. The maximum absolute atomic E-state index is 5.98. The molecule has 0 aliphatic carbocycles. The lowest BCUT2D eigenvalue weighted by Crippen LogP contribution is -2.27. The summed E-state index contributed by atoms with van der Waals surface area (Å²) in [5, 5.41) is 0. The molecular weight excluding hydrogens is 877 g/mol. The number of hydrogen-bond acceptors (Lipinski definition) is 2. The second-order valence-corrected chi connectivity index (χ2v) is 24.4. The molecule has 8 bridgehead atoms. The van der Waals surface area contributed by atoms with Crippen molar-refractivity contribution in [1.82, 2.24) is 24.5 Å². The van der Waals surface area contributed by atoms with Crippen LogP contribution in [-0.2, 0) is 35.3 Å². The van der Waals surface area contributed by atoms with Crippen LogP contribution in [0.3, 0.4) is 0 Å². The summed E-state index contributed by atoms with van der Waals surface area (Å²) in [5.41, 5.74) is 23.7. The largest absolute Gasteiger partial charge is 0.354 e. The van der Waals surface area contributed by atoms with E-state index >= 15 is 0 Å². The van der Waals surface area contributed by atoms with E-state index < -0.39 is 0 Å². The molecule has 0 spiro atoms. The maximum Gasteiger partial charge on any atom is 0.244 e. The number of aromatic amines is 2. The minimum Gasteiger partial charge on any atom is -0.354 e. The van der Waals surface area contributed by atoms with Crippen LogP contribution in [0, 0.1) is 0 Å². The number of nitrogens with zero attached hydrogens (tertiary/aromatic N) is 4. The lowest BCUT2D eigenvalue weighted by Gasteiger charge is -2.19. The molecule has 0 fully saturated rings. The van der Waals surface area contributed by atoms with Gasteiger partial charge in [-0.05, 0) is 109 Å². The van der Waals surface area contributed by atoms with E-state index in [9.17, 15) is 0 Å². The van der Waals surface area contributed by atoms with Gasteiger partial charge in [0.05, 0.1) is 25.0 Å². The van der Waals surface area contributed by atoms with E-state index in [0.717, 1.165) is 120 Å². The van der Waals surface area contributed by atoms with E-state index in [0.29, 0.717) is 0 Å². The highest BCUT2D eigenvalue weighted by Crippen LogP contribution is 2.47. The molecule has 2 aliphatic rings. The van der Waals surface area contributed by atoms with Crippen molar-refractivity contribution in [2.75, 3.05) is 0 Å². The molecule has 2 aliphatic heterocycles. The summed E-state index contributed by atoms with van der Waals surface area (Å²) in [6, 6.07) is 45.6. The van der Waals surface area contributed by atoms with Gasteiger partial charge in [-0.1, -0.05) is 193 Å². The van der Waals surface area contributed by atoms with E-state index in [4.69, 9.17) is 9.97 Å². The number of H-pyrrole nitrogens is 2. The number of hydrogen-bond donors (Lipinski definition) is 2. The van der Waals surface area contributed by atoms with Crippen LogP contribution in [0.4, 0.5) is 0 Å². The molecule has 4 aromatic heterocycles. The van der Waals surface area contributed by atoms with Gasteiger partial charge >= 0.3 is 0 Å². The smallest absolute Gasteiger partial charge is 0.244 e. The van der Waals surface area contributed by atoms with Crippen molar-refractivity contribution in [3.05, 3.63) is 161 Å². The minimum absolute atomic E-state index is 0.00251. The fourth-order valence-electron chi connectivity index (χ4n) is 10.5. The Balaban J connectivity index is 1.41. The Hall–Kier alpha value is -7.05. The fraction of sp³-hybridized carbons (Fsp3) is 0.318. The SMILES string of the molecule is CCCCn1c[n+](C)c2c1-c1nc-2c(-c2ccc(C(C)(C)C)cc2)c2ccc([nH]2)c(-c2ccc(C(C)(C)C)cc2)c2nc(c(-c3ccc(C(C)(C)C)cc3)c3ccc([nH]3)c1-c1ccc(C(C)(C)C)cc1)C=C2. The predicted octanol–water partition coefficient (Wildman–Crippen LogP) is 17.1. The number of aryl methyl sites for hydroxylation is 2. The first-order valence-electron chi connectivity index (χ1n) is 26.1. The van der Waals surface area contributed by atoms with Gasteiger partial charge in [0.1, 0.15) is 11.4 Å². The zero-order valence-electron chi connectivity index (χ0n) is 45.2. The highest BCUT2D eigenvalue weighted by Gasteiger charge is 2.36. The zero-order chi connectivity index (χ0) is 51.1. The van der Waals surface area contributed by atoms with Gasteiger partial charge < -0.3 is 9.97 Å². The molecule has 6 heterocycles. The second-order valence-electron chi connectivity index (χ2n) is 24.4. The molecule has 72 heavy (non-hydrogen) atoms. The molecule has 2 N–H and O–H groups in total. The van der Waals surface area contributed by atoms with Crippen molar-refractivity contribution in [2.45, 2.75) is 131 Å². The van der Waals surface area contributed by atoms with Gasteiger partial charge in [-0.25, -0.2) is 19.1 Å². The summed E-state index contributed by atoms with van der Waals surface area (Å²) in [4.78, 5) is 19.7. The summed E-state index contributed by atoms with van der Waals surface area (Å²) in [5.74, 6) is 0. The van der Waals surface area contributed by atoms with Crippen molar-refractivity contribution in [3.8, 4) is 67.3 Å². The molecule has 0 radical (unpaired) electrons. The monoisotopic (exact) mass is 950 g/mol. The van der Waals surface area contributed by atoms with E-state index in [-0.39, 0.29) is 21.7 Å². The standard InChI is InChI=1S/C66H73N6/c1-15-16-39-72-40-71(14)61-59-57(43-21-29-47(30-22-43)65(8,9)10)53-37-35-51(68-53)55(41-17-25-45(26-18-41)63(2,3)4)49-33-34-50(67-49)56(42-19-27-46(28-20-42)64(5,6)7)52-36-38-54(69-52)58(60(70-59)62(61)72)44-23-31-48(32-24-44)66(11,12)13/h17-38,40,68-69H,15-16,39H2,1-14H3/q+1. The van der Waals surface area contributed by atoms with Crippen molar-refractivity contribution in [1.29, 1.82) is 0 Å². The molecular formula is C66H73N6+. The third-order valence-electron chi connectivity index (χ3n) is 14.8. The van der Waals surface area contributed by atoms with Crippen molar-refractivity contribution in [3.63, 3.8) is 0 Å². The number of nitrogens with one attached hydrogen (secondary N) is 2. The molecule has 0 saturated carbocycles. The number of unbranched alkanes of at least 4 members (excludes halogenated alkanes) is 1.